The van der Waals surface area contributed by atoms with Gasteiger partial charge in [0.15, 0.2) is 0 Å². The molecule has 0 bridgehead atoms. The van der Waals surface area contributed by atoms with E-state index in [0.717, 1.165) is 0 Å². The van der Waals surface area contributed by atoms with E-state index in [4.69, 9.17) is 4.74 Å². The molecule has 2 N–H and O–H groups in total. The Morgan fingerprint density at radius 1 is 0.963 bits per heavy atom. The molecule has 0 spiro atoms. The summed E-state index contributed by atoms with van der Waals surface area (Å²) in [6.45, 7) is 2.37. The molecule has 0 aliphatic carbocycles. The Morgan fingerprint density at radius 3 is 2.11 bits per heavy atom. The standard InChI is InChI=1S/C18H20N2O6S/c1-2-26-15-7-3-14(4-8-15)20-27(24,25)16-9-5-13(6-10-16)19-17(21)11-12-18(22)23/h3-10,20H,2,11-12H2,1H3,(H,19,21)(H,22,23)/p-1. The van der Waals surface area contributed by atoms with Gasteiger partial charge in [0.05, 0.1) is 11.5 Å². The summed E-state index contributed by atoms with van der Waals surface area (Å²) in [5, 5.41) is 12.8. The lowest BCUT2D eigenvalue weighted by Gasteiger charge is -2.10. The Morgan fingerprint density at radius 2 is 1.56 bits per heavy atom. The van der Waals surface area contributed by atoms with Gasteiger partial charge < -0.3 is 20.0 Å². The van der Waals surface area contributed by atoms with Crippen molar-refractivity contribution in [1.82, 2.24) is 0 Å². The number of ether oxygens (including phenoxy) is 1. The van der Waals surface area contributed by atoms with Crippen LogP contribution in [0, 0.1) is 0 Å². The van der Waals surface area contributed by atoms with Crippen LogP contribution < -0.4 is 19.9 Å². The summed E-state index contributed by atoms with van der Waals surface area (Å²) in [6.07, 6.45) is -0.605. The number of carbonyl (C=O) groups is 2. The van der Waals surface area contributed by atoms with Gasteiger partial charge in [-0.2, -0.15) is 0 Å². The molecule has 0 unspecified atom stereocenters. The fourth-order valence-corrected chi connectivity index (χ4v) is 3.22. The van der Waals surface area contributed by atoms with Crippen molar-refractivity contribution in [2.75, 3.05) is 16.6 Å². The Labute approximate surface area is 157 Å². The van der Waals surface area contributed by atoms with Crippen LogP contribution in [-0.2, 0) is 19.6 Å². The number of carboxylic acids is 1. The SMILES string of the molecule is CCOc1ccc(NS(=O)(=O)c2ccc(NC(=O)CCC(=O)[O-])cc2)cc1. The topological polar surface area (TPSA) is 125 Å². The van der Waals surface area contributed by atoms with Gasteiger partial charge in [0.1, 0.15) is 5.75 Å². The van der Waals surface area contributed by atoms with Crippen LogP contribution in [-0.4, -0.2) is 26.9 Å². The number of amides is 1. The summed E-state index contributed by atoms with van der Waals surface area (Å²) < 4.78 is 32.6. The molecular formula is C18H19N2O6S-. The van der Waals surface area contributed by atoms with E-state index in [-0.39, 0.29) is 17.7 Å². The summed E-state index contributed by atoms with van der Waals surface area (Å²) in [5.74, 6) is -1.17. The van der Waals surface area contributed by atoms with Gasteiger partial charge in [-0.05, 0) is 61.9 Å². The van der Waals surface area contributed by atoms with E-state index < -0.39 is 21.9 Å². The van der Waals surface area contributed by atoms with Crippen molar-refractivity contribution in [2.45, 2.75) is 24.7 Å². The molecule has 0 fully saturated rings. The van der Waals surface area contributed by atoms with E-state index >= 15 is 0 Å². The fourth-order valence-electron chi connectivity index (χ4n) is 2.16. The number of hydrogen-bond acceptors (Lipinski definition) is 6. The number of sulfonamides is 1. The van der Waals surface area contributed by atoms with Crippen LogP contribution in [0.1, 0.15) is 19.8 Å². The van der Waals surface area contributed by atoms with Crippen molar-refractivity contribution >= 4 is 33.3 Å². The van der Waals surface area contributed by atoms with Crippen LogP contribution in [0.25, 0.3) is 0 Å². The van der Waals surface area contributed by atoms with Crippen molar-refractivity contribution in [2.24, 2.45) is 0 Å². The number of hydrogen-bond donors (Lipinski definition) is 2. The van der Waals surface area contributed by atoms with Crippen LogP contribution in [0.2, 0.25) is 0 Å². The molecule has 0 aliphatic heterocycles. The summed E-state index contributed by atoms with van der Waals surface area (Å²) in [4.78, 5) is 21.9. The largest absolute Gasteiger partial charge is 0.550 e. The zero-order chi connectivity index (χ0) is 19.9. The van der Waals surface area contributed by atoms with Gasteiger partial charge in [-0.3, -0.25) is 9.52 Å². The quantitative estimate of drug-likeness (QED) is 0.665. The Bertz CT molecular complexity index is 892. The zero-order valence-corrected chi connectivity index (χ0v) is 15.4. The number of rotatable bonds is 9. The Hall–Kier alpha value is -3.07. The molecule has 0 atom stereocenters. The first-order valence-electron chi connectivity index (χ1n) is 8.15. The van der Waals surface area contributed by atoms with Crippen molar-refractivity contribution in [3.05, 3.63) is 48.5 Å². The van der Waals surface area contributed by atoms with Crippen LogP contribution in [0.4, 0.5) is 11.4 Å². The summed E-state index contributed by atoms with van der Waals surface area (Å²) >= 11 is 0. The second-order valence-electron chi connectivity index (χ2n) is 5.51. The summed E-state index contributed by atoms with van der Waals surface area (Å²) in [5.41, 5.74) is 0.747. The molecule has 1 amide bonds. The first-order chi connectivity index (χ1) is 12.8. The summed E-state index contributed by atoms with van der Waals surface area (Å²) in [7, 11) is -3.79. The van der Waals surface area contributed by atoms with Gasteiger partial charge in [0.25, 0.3) is 10.0 Å². The molecule has 27 heavy (non-hydrogen) atoms. The lowest BCUT2D eigenvalue weighted by Crippen LogP contribution is -2.24. The second kappa shape index (κ2) is 9.04. The monoisotopic (exact) mass is 391 g/mol. The van der Waals surface area contributed by atoms with Crippen LogP contribution >= 0.6 is 0 Å². The predicted octanol–water partition coefficient (Wildman–Crippen LogP) is 1.35. The van der Waals surface area contributed by atoms with E-state index in [0.29, 0.717) is 23.7 Å². The predicted molar refractivity (Wildman–Crippen MR) is 97.7 cm³/mol. The minimum atomic E-state index is -3.79. The lowest BCUT2D eigenvalue weighted by atomic mass is 10.2. The Kier molecular flexibility index (Phi) is 6.78. The minimum absolute atomic E-state index is 0.0177. The third-order valence-corrected chi connectivity index (χ3v) is 4.82. The Balaban J connectivity index is 2.01. The molecule has 0 saturated heterocycles. The van der Waals surface area contributed by atoms with Crippen molar-refractivity contribution in [3.8, 4) is 5.75 Å². The number of carboxylic acid groups (broad SMARTS) is 1. The molecule has 2 rings (SSSR count). The number of anilines is 2. The molecule has 2 aromatic rings. The molecule has 0 aromatic heterocycles. The smallest absolute Gasteiger partial charge is 0.261 e. The highest BCUT2D eigenvalue weighted by molar-refractivity contribution is 7.92. The second-order valence-corrected chi connectivity index (χ2v) is 7.19. The van der Waals surface area contributed by atoms with Crippen molar-refractivity contribution < 1.29 is 27.9 Å². The van der Waals surface area contributed by atoms with Crippen LogP contribution in [0.15, 0.2) is 53.4 Å². The van der Waals surface area contributed by atoms with Crippen LogP contribution in [0.5, 0.6) is 5.75 Å². The number of benzene rings is 2. The molecule has 0 aliphatic rings. The maximum atomic E-state index is 12.4. The highest BCUT2D eigenvalue weighted by Crippen LogP contribution is 2.20. The summed E-state index contributed by atoms with van der Waals surface area (Å²) in [6, 6.07) is 12.0. The van der Waals surface area contributed by atoms with E-state index in [1.807, 2.05) is 6.92 Å². The van der Waals surface area contributed by atoms with E-state index in [2.05, 4.69) is 10.0 Å². The molecular weight excluding hydrogens is 372 g/mol. The van der Waals surface area contributed by atoms with Crippen molar-refractivity contribution in [3.63, 3.8) is 0 Å². The van der Waals surface area contributed by atoms with Gasteiger partial charge in [-0.1, -0.05) is 0 Å². The van der Waals surface area contributed by atoms with E-state index in [1.54, 1.807) is 24.3 Å². The van der Waals surface area contributed by atoms with Gasteiger partial charge in [-0.15, -0.1) is 0 Å². The first kappa shape index (κ1) is 20.2. The molecule has 9 heteroatoms. The van der Waals surface area contributed by atoms with Gasteiger partial charge >= 0.3 is 0 Å². The maximum absolute atomic E-state index is 12.4. The third kappa shape index (κ3) is 6.30. The van der Waals surface area contributed by atoms with Crippen molar-refractivity contribution in [1.29, 1.82) is 0 Å². The van der Waals surface area contributed by atoms with Gasteiger partial charge in [0, 0.05) is 23.8 Å². The molecule has 144 valence electrons. The average molecular weight is 391 g/mol. The lowest BCUT2D eigenvalue weighted by molar-refractivity contribution is -0.305. The number of nitrogens with one attached hydrogen (secondary N) is 2. The van der Waals surface area contributed by atoms with Crippen LogP contribution in [0.3, 0.4) is 0 Å². The third-order valence-electron chi connectivity index (χ3n) is 3.42. The van der Waals surface area contributed by atoms with Gasteiger partial charge in [0.2, 0.25) is 5.91 Å². The number of carbonyl (C=O) groups excluding carboxylic acids is 2. The molecule has 0 heterocycles. The molecule has 0 saturated carbocycles. The number of aliphatic carboxylic acids is 1. The van der Waals surface area contributed by atoms with E-state index in [1.165, 1.54) is 24.3 Å². The fraction of sp³-hybridized carbons (Fsp3) is 0.222. The highest BCUT2D eigenvalue weighted by Gasteiger charge is 2.14. The maximum Gasteiger partial charge on any atom is 0.261 e. The van der Waals surface area contributed by atoms with E-state index in [9.17, 15) is 23.1 Å². The molecule has 2 aromatic carbocycles. The zero-order valence-electron chi connectivity index (χ0n) is 14.6. The highest BCUT2D eigenvalue weighted by atomic mass is 32.2. The average Bonchev–Trinajstić information content (AvgIpc) is 2.62. The first-order valence-corrected chi connectivity index (χ1v) is 9.64. The molecule has 8 nitrogen and oxygen atoms in total. The minimum Gasteiger partial charge on any atom is -0.550 e. The normalized spacial score (nSPS) is 10.9. The molecule has 0 radical (unpaired) electrons. The van der Waals surface area contributed by atoms with Gasteiger partial charge in [-0.25, -0.2) is 8.42 Å².